The van der Waals surface area contributed by atoms with E-state index >= 15 is 0 Å². The number of hydrogen-bond donors (Lipinski definition) is 2. The van der Waals surface area contributed by atoms with E-state index in [2.05, 4.69) is 10.6 Å². The molecule has 0 unspecified atom stereocenters. The van der Waals surface area contributed by atoms with Gasteiger partial charge in [-0.3, -0.25) is 4.79 Å². The highest BCUT2D eigenvalue weighted by molar-refractivity contribution is 7.90. The van der Waals surface area contributed by atoms with E-state index in [1.807, 2.05) is 6.92 Å². The third-order valence-electron chi connectivity index (χ3n) is 3.05. The summed E-state index contributed by atoms with van der Waals surface area (Å²) in [6, 6.07) is 4.75. The predicted molar refractivity (Wildman–Crippen MR) is 69.3 cm³/mol. The van der Waals surface area contributed by atoms with Gasteiger partial charge in [0.05, 0.1) is 10.8 Å². The van der Waals surface area contributed by atoms with Gasteiger partial charge in [0.15, 0.2) is 9.84 Å². The van der Waals surface area contributed by atoms with Gasteiger partial charge in [-0.1, -0.05) is 6.07 Å². The van der Waals surface area contributed by atoms with Gasteiger partial charge in [0, 0.05) is 25.0 Å². The maximum absolute atomic E-state index is 11.8. The van der Waals surface area contributed by atoms with E-state index in [0.29, 0.717) is 18.8 Å². The molecule has 0 atom stereocenters. The Bertz CT molecular complexity index is 577. The van der Waals surface area contributed by atoms with Crippen molar-refractivity contribution in [1.29, 1.82) is 0 Å². The molecule has 5 nitrogen and oxygen atoms in total. The number of nitrogens with one attached hydrogen (secondary N) is 2. The highest BCUT2D eigenvalue weighted by Crippen LogP contribution is 2.21. The second kappa shape index (κ2) is 4.70. The number of carbonyl (C=O) groups is 1. The smallest absolute Gasteiger partial charge is 0.230 e. The second-order valence-corrected chi connectivity index (χ2v) is 6.61. The summed E-state index contributed by atoms with van der Waals surface area (Å²) >= 11 is 0. The van der Waals surface area contributed by atoms with E-state index in [-0.39, 0.29) is 16.7 Å². The number of sulfone groups is 1. The maximum Gasteiger partial charge on any atom is 0.230 e. The first kappa shape index (κ1) is 13.0. The molecule has 2 rings (SSSR count). The van der Waals surface area contributed by atoms with Crippen molar-refractivity contribution in [3.8, 4) is 0 Å². The summed E-state index contributed by atoms with van der Waals surface area (Å²) in [6.07, 6.45) is 1.15. The van der Waals surface area contributed by atoms with Crippen molar-refractivity contribution in [2.75, 3.05) is 24.7 Å². The van der Waals surface area contributed by atoms with E-state index in [4.69, 9.17) is 0 Å². The molecule has 2 N–H and O–H groups in total. The number of aryl methyl sites for hydroxylation is 1. The van der Waals surface area contributed by atoms with Crippen molar-refractivity contribution in [1.82, 2.24) is 5.32 Å². The molecule has 1 saturated heterocycles. The molecule has 1 aromatic rings. The average molecular weight is 268 g/mol. The van der Waals surface area contributed by atoms with Gasteiger partial charge < -0.3 is 10.6 Å². The summed E-state index contributed by atoms with van der Waals surface area (Å²) in [5.74, 6) is -0.0891. The number of hydrogen-bond acceptors (Lipinski definition) is 4. The Hall–Kier alpha value is -1.40. The monoisotopic (exact) mass is 268 g/mol. The zero-order chi connectivity index (χ0) is 13.3. The Labute approximate surface area is 107 Å². The van der Waals surface area contributed by atoms with Crippen LogP contribution in [0.1, 0.15) is 5.56 Å². The summed E-state index contributed by atoms with van der Waals surface area (Å²) in [6.45, 7) is 3.19. The highest BCUT2D eigenvalue weighted by atomic mass is 32.2. The summed E-state index contributed by atoms with van der Waals surface area (Å²) in [4.78, 5) is 12.0. The summed E-state index contributed by atoms with van der Waals surface area (Å²) in [7, 11) is -3.25. The summed E-state index contributed by atoms with van der Waals surface area (Å²) in [5.41, 5.74) is 1.41. The van der Waals surface area contributed by atoms with Crippen LogP contribution in [0, 0.1) is 12.8 Å². The first-order chi connectivity index (χ1) is 8.38. The normalized spacial score (nSPS) is 16.1. The van der Waals surface area contributed by atoms with E-state index in [9.17, 15) is 13.2 Å². The third-order valence-corrected chi connectivity index (χ3v) is 4.16. The Morgan fingerprint density at radius 3 is 2.56 bits per heavy atom. The fourth-order valence-corrected chi connectivity index (χ4v) is 2.32. The molecule has 98 valence electrons. The van der Waals surface area contributed by atoms with Crippen molar-refractivity contribution in [2.45, 2.75) is 11.8 Å². The number of anilines is 1. The lowest BCUT2D eigenvalue weighted by molar-refractivity contribution is -0.121. The minimum absolute atomic E-state index is 0.0220. The molecule has 1 amide bonds. The average Bonchev–Trinajstić information content (AvgIpc) is 2.16. The standard InChI is InChI=1S/C12H16N2O3S/c1-8-3-4-10(18(2,16)17)5-11(8)14-12(15)9-6-13-7-9/h3-5,9,13H,6-7H2,1-2H3,(H,14,15). The van der Waals surface area contributed by atoms with Gasteiger partial charge >= 0.3 is 0 Å². The Morgan fingerprint density at radius 2 is 2.06 bits per heavy atom. The van der Waals surface area contributed by atoms with Crippen LogP contribution in [0.25, 0.3) is 0 Å². The van der Waals surface area contributed by atoms with Gasteiger partial charge in [-0.05, 0) is 24.6 Å². The van der Waals surface area contributed by atoms with Crippen molar-refractivity contribution in [2.24, 2.45) is 5.92 Å². The van der Waals surface area contributed by atoms with Crippen LogP contribution in [0.5, 0.6) is 0 Å². The van der Waals surface area contributed by atoms with Gasteiger partial charge in [0.25, 0.3) is 0 Å². The molecule has 0 spiro atoms. The first-order valence-corrected chi connectivity index (χ1v) is 7.59. The van der Waals surface area contributed by atoms with Crippen molar-refractivity contribution in [3.05, 3.63) is 23.8 Å². The lowest BCUT2D eigenvalue weighted by Crippen LogP contribution is -2.48. The van der Waals surface area contributed by atoms with Crippen LogP contribution in [0.4, 0.5) is 5.69 Å². The molecule has 0 saturated carbocycles. The molecule has 1 fully saturated rings. The summed E-state index contributed by atoms with van der Waals surface area (Å²) in [5, 5.41) is 5.80. The zero-order valence-electron chi connectivity index (χ0n) is 10.4. The molecule has 0 aliphatic carbocycles. The Kier molecular flexibility index (Phi) is 3.41. The number of carbonyl (C=O) groups excluding carboxylic acids is 1. The van der Waals surface area contributed by atoms with Gasteiger partial charge in [0.1, 0.15) is 0 Å². The number of amides is 1. The van der Waals surface area contributed by atoms with Gasteiger partial charge in [-0.25, -0.2) is 8.42 Å². The topological polar surface area (TPSA) is 75.3 Å². The molecule has 1 aliphatic heterocycles. The van der Waals surface area contributed by atoms with Gasteiger partial charge in [0.2, 0.25) is 5.91 Å². The fraction of sp³-hybridized carbons (Fsp3) is 0.417. The molecule has 1 aromatic carbocycles. The molecule has 0 bridgehead atoms. The van der Waals surface area contributed by atoms with Crippen LogP contribution < -0.4 is 10.6 Å². The first-order valence-electron chi connectivity index (χ1n) is 5.70. The molecule has 0 radical (unpaired) electrons. The van der Waals surface area contributed by atoms with Crippen LogP contribution in [0.3, 0.4) is 0 Å². The van der Waals surface area contributed by atoms with Gasteiger partial charge in [-0.15, -0.1) is 0 Å². The number of benzene rings is 1. The molecular formula is C12H16N2O3S. The second-order valence-electron chi connectivity index (χ2n) is 4.59. The number of rotatable bonds is 3. The lowest BCUT2D eigenvalue weighted by Gasteiger charge is -2.26. The largest absolute Gasteiger partial charge is 0.325 e. The highest BCUT2D eigenvalue weighted by Gasteiger charge is 2.25. The van der Waals surface area contributed by atoms with E-state index < -0.39 is 9.84 Å². The molecule has 1 aliphatic rings. The Morgan fingerprint density at radius 1 is 1.39 bits per heavy atom. The fourth-order valence-electron chi connectivity index (χ4n) is 1.68. The quantitative estimate of drug-likeness (QED) is 0.840. The van der Waals surface area contributed by atoms with E-state index in [1.54, 1.807) is 12.1 Å². The maximum atomic E-state index is 11.8. The molecule has 1 heterocycles. The van der Waals surface area contributed by atoms with Crippen LogP contribution in [-0.2, 0) is 14.6 Å². The van der Waals surface area contributed by atoms with Crippen molar-refractivity contribution < 1.29 is 13.2 Å². The van der Waals surface area contributed by atoms with E-state index in [0.717, 1.165) is 11.8 Å². The van der Waals surface area contributed by atoms with Crippen molar-refractivity contribution in [3.63, 3.8) is 0 Å². The molecule has 18 heavy (non-hydrogen) atoms. The molecule has 0 aromatic heterocycles. The molecule has 6 heteroatoms. The van der Waals surface area contributed by atoms with E-state index in [1.165, 1.54) is 6.07 Å². The van der Waals surface area contributed by atoms with Crippen molar-refractivity contribution >= 4 is 21.4 Å². The molecular weight excluding hydrogens is 252 g/mol. The van der Waals surface area contributed by atoms with Crippen LogP contribution >= 0.6 is 0 Å². The predicted octanol–water partition coefficient (Wildman–Crippen LogP) is 0.556. The minimum atomic E-state index is -3.25. The SMILES string of the molecule is Cc1ccc(S(C)(=O)=O)cc1NC(=O)C1CNC1. The zero-order valence-corrected chi connectivity index (χ0v) is 11.2. The van der Waals surface area contributed by atoms with Crippen LogP contribution in [0.2, 0.25) is 0 Å². The minimum Gasteiger partial charge on any atom is -0.325 e. The van der Waals surface area contributed by atoms with Gasteiger partial charge in [-0.2, -0.15) is 0 Å². The van der Waals surface area contributed by atoms with Crippen LogP contribution in [-0.4, -0.2) is 33.7 Å². The third kappa shape index (κ3) is 2.70. The summed E-state index contributed by atoms with van der Waals surface area (Å²) < 4.78 is 22.9. The van der Waals surface area contributed by atoms with Crippen LogP contribution in [0.15, 0.2) is 23.1 Å². The Balaban J connectivity index is 2.23. The lowest BCUT2D eigenvalue weighted by atomic mass is 10.0.